The summed E-state index contributed by atoms with van der Waals surface area (Å²) < 4.78 is 4.82. The van der Waals surface area contributed by atoms with Crippen LogP contribution in [0.15, 0.2) is 0 Å². The van der Waals surface area contributed by atoms with E-state index in [1.807, 2.05) is 6.92 Å². The van der Waals surface area contributed by atoms with Crippen molar-refractivity contribution in [3.8, 4) is 0 Å². The number of alkyl carbamates (subject to hydrolysis) is 1. The van der Waals surface area contributed by atoms with Crippen molar-refractivity contribution in [2.45, 2.75) is 31.8 Å². The van der Waals surface area contributed by atoms with E-state index in [-0.39, 0.29) is 12.5 Å². The number of carbonyl (C=O) groups is 2. The molecule has 1 saturated heterocycles. The number of unbranched alkanes of at least 4 members (excludes halogenated alkanes) is 1. The molecule has 2 atom stereocenters. The number of amides is 2. The first kappa shape index (κ1) is 11.8. The molecule has 0 radical (unpaired) electrons. The zero-order valence-corrected chi connectivity index (χ0v) is 8.66. The first-order valence-corrected chi connectivity index (χ1v) is 5.03. The van der Waals surface area contributed by atoms with Crippen molar-refractivity contribution in [1.29, 1.82) is 0 Å². The van der Waals surface area contributed by atoms with Gasteiger partial charge in [0.25, 0.3) is 0 Å². The van der Waals surface area contributed by atoms with Gasteiger partial charge in [-0.3, -0.25) is 4.79 Å². The van der Waals surface area contributed by atoms with Gasteiger partial charge < -0.3 is 20.5 Å². The van der Waals surface area contributed by atoms with Crippen LogP contribution in [0.4, 0.5) is 4.79 Å². The van der Waals surface area contributed by atoms with Crippen molar-refractivity contribution in [1.82, 2.24) is 10.6 Å². The Bertz CT molecular complexity index is 244. The van der Waals surface area contributed by atoms with Gasteiger partial charge in [-0.25, -0.2) is 4.79 Å². The molecule has 0 unspecified atom stereocenters. The predicted molar refractivity (Wildman–Crippen MR) is 52.2 cm³/mol. The van der Waals surface area contributed by atoms with E-state index in [4.69, 9.17) is 9.84 Å². The summed E-state index contributed by atoms with van der Waals surface area (Å²) >= 11 is 0. The summed E-state index contributed by atoms with van der Waals surface area (Å²) in [6.45, 7) is 2.15. The lowest BCUT2D eigenvalue weighted by molar-refractivity contribution is -0.132. The van der Waals surface area contributed by atoms with Gasteiger partial charge in [0, 0.05) is 0 Å². The highest BCUT2D eigenvalue weighted by Gasteiger charge is 2.40. The molecule has 0 spiro atoms. The maximum absolute atomic E-state index is 11.1. The molecule has 1 aliphatic rings. The van der Waals surface area contributed by atoms with Crippen LogP contribution in [-0.2, 0) is 9.53 Å². The average molecular weight is 216 g/mol. The van der Waals surface area contributed by atoms with Crippen LogP contribution >= 0.6 is 0 Å². The molecule has 1 fully saturated rings. The molecule has 2 amide bonds. The molecule has 0 aromatic rings. The number of nitrogens with one attached hydrogen (secondary N) is 2. The number of rotatable bonds is 5. The molecule has 6 nitrogen and oxygen atoms in total. The van der Waals surface area contributed by atoms with Gasteiger partial charge in [0.2, 0.25) is 5.91 Å². The fraction of sp³-hybridized carbons (Fsp3) is 0.778. The maximum Gasteiger partial charge on any atom is 0.407 e. The topological polar surface area (TPSA) is 87.7 Å². The van der Waals surface area contributed by atoms with Crippen molar-refractivity contribution in [3.63, 3.8) is 0 Å². The summed E-state index contributed by atoms with van der Waals surface area (Å²) in [7, 11) is 0. The quantitative estimate of drug-likeness (QED) is 0.422. The summed E-state index contributed by atoms with van der Waals surface area (Å²) in [5.41, 5.74) is 0. The third-order valence-electron chi connectivity index (χ3n) is 2.21. The predicted octanol–water partition coefficient (Wildman–Crippen LogP) is -0.628. The molecular formula is C9H16N2O4. The summed E-state index contributed by atoms with van der Waals surface area (Å²) in [6.07, 6.45) is 1.13. The van der Waals surface area contributed by atoms with E-state index in [9.17, 15) is 9.59 Å². The van der Waals surface area contributed by atoms with Crippen LogP contribution in [0.25, 0.3) is 0 Å². The lowest BCUT2D eigenvalue weighted by atomic mass is 10.0. The zero-order valence-electron chi connectivity index (χ0n) is 8.66. The van der Waals surface area contributed by atoms with E-state index in [2.05, 4.69) is 10.6 Å². The van der Waals surface area contributed by atoms with Gasteiger partial charge in [-0.15, -0.1) is 0 Å². The Morgan fingerprint density at radius 3 is 2.93 bits per heavy atom. The Hall–Kier alpha value is -1.30. The Labute approximate surface area is 88.0 Å². The molecule has 0 bridgehead atoms. The second kappa shape index (κ2) is 5.55. The monoisotopic (exact) mass is 216 g/mol. The minimum Gasteiger partial charge on any atom is -0.450 e. The standard InChI is InChI=1S/C9H16N2O4/c1-2-3-4-15-9(14)11-7-6(5-12)10-8(7)13/h6-7,12H,2-5H2,1H3,(H,10,13)(H,11,14)/t6-,7+/m1/s1. The Kier molecular flexibility index (Phi) is 4.36. The molecule has 0 aromatic carbocycles. The van der Waals surface area contributed by atoms with Gasteiger partial charge in [0.05, 0.1) is 19.3 Å². The van der Waals surface area contributed by atoms with Crippen LogP contribution in [0.2, 0.25) is 0 Å². The van der Waals surface area contributed by atoms with Crippen LogP contribution in [0.3, 0.4) is 0 Å². The van der Waals surface area contributed by atoms with Crippen molar-refractivity contribution in [2.24, 2.45) is 0 Å². The summed E-state index contributed by atoms with van der Waals surface area (Å²) in [4.78, 5) is 22.1. The fourth-order valence-electron chi connectivity index (χ4n) is 1.24. The lowest BCUT2D eigenvalue weighted by Crippen LogP contribution is -2.70. The molecule has 1 aliphatic heterocycles. The molecular weight excluding hydrogens is 200 g/mol. The van der Waals surface area contributed by atoms with Crippen LogP contribution in [-0.4, -0.2) is 42.4 Å². The smallest absolute Gasteiger partial charge is 0.407 e. The van der Waals surface area contributed by atoms with E-state index >= 15 is 0 Å². The second-order valence-corrected chi connectivity index (χ2v) is 3.41. The Balaban J connectivity index is 2.22. The van der Waals surface area contributed by atoms with E-state index < -0.39 is 18.2 Å². The maximum atomic E-state index is 11.1. The highest BCUT2D eigenvalue weighted by atomic mass is 16.5. The number of aliphatic hydroxyl groups is 1. The molecule has 86 valence electrons. The average Bonchev–Trinajstić information content (AvgIpc) is 2.23. The first-order valence-electron chi connectivity index (χ1n) is 5.03. The SMILES string of the molecule is CCCCOC(=O)N[C@@H]1C(=O)N[C@@H]1CO. The van der Waals surface area contributed by atoms with Gasteiger partial charge in [-0.1, -0.05) is 13.3 Å². The third kappa shape index (κ3) is 3.09. The highest BCUT2D eigenvalue weighted by molar-refractivity contribution is 5.92. The van der Waals surface area contributed by atoms with Gasteiger partial charge >= 0.3 is 6.09 Å². The van der Waals surface area contributed by atoms with Crippen LogP contribution in [0.1, 0.15) is 19.8 Å². The van der Waals surface area contributed by atoms with Gasteiger partial charge in [-0.2, -0.15) is 0 Å². The van der Waals surface area contributed by atoms with Crippen molar-refractivity contribution >= 4 is 12.0 Å². The largest absolute Gasteiger partial charge is 0.450 e. The molecule has 0 saturated carbocycles. The van der Waals surface area contributed by atoms with E-state index in [1.54, 1.807) is 0 Å². The molecule has 0 aromatic heterocycles. The fourth-order valence-corrected chi connectivity index (χ4v) is 1.24. The normalized spacial score (nSPS) is 24.0. The van der Waals surface area contributed by atoms with Crippen LogP contribution in [0, 0.1) is 0 Å². The highest BCUT2D eigenvalue weighted by Crippen LogP contribution is 2.05. The van der Waals surface area contributed by atoms with Crippen LogP contribution < -0.4 is 10.6 Å². The number of ether oxygens (including phenoxy) is 1. The van der Waals surface area contributed by atoms with Crippen LogP contribution in [0.5, 0.6) is 0 Å². The molecule has 3 N–H and O–H groups in total. The summed E-state index contributed by atoms with van der Waals surface area (Å²) in [5, 5.41) is 13.6. The molecule has 15 heavy (non-hydrogen) atoms. The minimum atomic E-state index is -0.663. The number of hydrogen-bond acceptors (Lipinski definition) is 4. The van der Waals surface area contributed by atoms with E-state index in [0.717, 1.165) is 12.8 Å². The van der Waals surface area contributed by atoms with Crippen molar-refractivity contribution in [2.75, 3.05) is 13.2 Å². The molecule has 0 aliphatic carbocycles. The third-order valence-corrected chi connectivity index (χ3v) is 2.21. The summed E-state index contributed by atoms with van der Waals surface area (Å²) in [6, 6.07) is -1.06. The van der Waals surface area contributed by atoms with E-state index in [0.29, 0.717) is 6.61 Å². The number of β-lactam (4-membered cyclic amide) rings is 1. The zero-order chi connectivity index (χ0) is 11.3. The Morgan fingerprint density at radius 2 is 2.40 bits per heavy atom. The van der Waals surface area contributed by atoms with Gasteiger partial charge in [-0.05, 0) is 6.42 Å². The second-order valence-electron chi connectivity index (χ2n) is 3.41. The Morgan fingerprint density at radius 1 is 1.67 bits per heavy atom. The van der Waals surface area contributed by atoms with E-state index in [1.165, 1.54) is 0 Å². The van der Waals surface area contributed by atoms with Crippen molar-refractivity contribution in [3.05, 3.63) is 0 Å². The lowest BCUT2D eigenvalue weighted by Gasteiger charge is -2.35. The first-order chi connectivity index (χ1) is 7.19. The van der Waals surface area contributed by atoms with Crippen molar-refractivity contribution < 1.29 is 19.4 Å². The molecule has 1 heterocycles. The van der Waals surface area contributed by atoms with Gasteiger partial charge in [0.15, 0.2) is 0 Å². The molecule has 1 rings (SSSR count). The number of hydrogen-bond donors (Lipinski definition) is 3. The minimum absolute atomic E-state index is 0.189. The van der Waals surface area contributed by atoms with Gasteiger partial charge in [0.1, 0.15) is 6.04 Å². The molecule has 6 heteroatoms. The number of aliphatic hydroxyl groups excluding tert-OH is 1. The number of carbonyl (C=O) groups excluding carboxylic acids is 2. The summed E-state index contributed by atoms with van der Waals surface area (Å²) in [5.74, 6) is -0.290.